The molecule has 0 aliphatic carbocycles. The third-order valence-electron chi connectivity index (χ3n) is 6.57. The van der Waals surface area contributed by atoms with E-state index >= 15 is 0 Å². The van der Waals surface area contributed by atoms with Gasteiger partial charge in [0.05, 0.1) is 18.4 Å². The highest BCUT2D eigenvalue weighted by Crippen LogP contribution is 2.33. The summed E-state index contributed by atoms with van der Waals surface area (Å²) in [6.45, 7) is 3.07. The van der Waals surface area contributed by atoms with E-state index in [1.165, 1.54) is 0 Å². The third kappa shape index (κ3) is 5.50. The number of benzene rings is 3. The predicted octanol–water partition coefficient (Wildman–Crippen LogP) is 4.83. The maximum absolute atomic E-state index is 12.8. The lowest BCUT2D eigenvalue weighted by atomic mass is 10.2. The molecule has 35 heavy (non-hydrogen) atoms. The Labute approximate surface area is 222 Å². The van der Waals surface area contributed by atoms with E-state index in [0.29, 0.717) is 39.3 Å². The van der Waals surface area contributed by atoms with Gasteiger partial charge in [-0.25, -0.2) is 8.42 Å². The Kier molecular flexibility index (Phi) is 7.35. The standard InChI is InChI=1S/C26H27Br2N3O3S/c27-20-6-8-25-23(14-20)24-15-21(28)7-9-26(24)31(25)17-22(32)16-29-10-12-30(13-11-29)35(33,34)18-19-4-2-1-3-5-19/h1-9,14-15,22,32H,10-13,16-18H2. The fraction of sp³-hybridized carbons (Fsp3) is 0.308. The van der Waals surface area contributed by atoms with Crippen molar-refractivity contribution < 1.29 is 13.5 Å². The van der Waals surface area contributed by atoms with Crippen LogP contribution in [0.4, 0.5) is 0 Å². The molecule has 6 nitrogen and oxygen atoms in total. The number of β-amino-alcohol motifs (C(OH)–C–C–N with tert-alkyl or cyclic N) is 1. The molecule has 1 unspecified atom stereocenters. The van der Waals surface area contributed by atoms with E-state index in [-0.39, 0.29) is 5.75 Å². The van der Waals surface area contributed by atoms with Crippen LogP contribution < -0.4 is 0 Å². The first kappa shape index (κ1) is 24.9. The number of hydrogen-bond acceptors (Lipinski definition) is 4. The molecule has 0 radical (unpaired) electrons. The Morgan fingerprint density at radius 2 is 1.37 bits per heavy atom. The van der Waals surface area contributed by atoms with Crippen molar-refractivity contribution in [2.24, 2.45) is 0 Å². The number of hydrogen-bond donors (Lipinski definition) is 1. The van der Waals surface area contributed by atoms with Crippen LogP contribution in [0.1, 0.15) is 5.56 Å². The summed E-state index contributed by atoms with van der Waals surface area (Å²) in [6, 6.07) is 21.7. The summed E-state index contributed by atoms with van der Waals surface area (Å²) in [4.78, 5) is 2.15. The van der Waals surface area contributed by atoms with Crippen molar-refractivity contribution in [3.05, 3.63) is 81.2 Å². The van der Waals surface area contributed by atoms with Gasteiger partial charge in [-0.3, -0.25) is 4.90 Å². The number of sulfonamides is 1. The Morgan fingerprint density at radius 1 is 0.800 bits per heavy atom. The molecular formula is C26H27Br2N3O3S. The quantitative estimate of drug-likeness (QED) is 0.322. The lowest BCUT2D eigenvalue weighted by molar-refractivity contribution is 0.0823. The van der Waals surface area contributed by atoms with E-state index in [4.69, 9.17) is 0 Å². The van der Waals surface area contributed by atoms with E-state index < -0.39 is 16.1 Å². The summed E-state index contributed by atoms with van der Waals surface area (Å²) >= 11 is 7.15. The van der Waals surface area contributed by atoms with Crippen molar-refractivity contribution in [1.82, 2.24) is 13.8 Å². The summed E-state index contributed by atoms with van der Waals surface area (Å²) in [6.07, 6.45) is -0.575. The number of halogens is 2. The second kappa shape index (κ2) is 10.3. The van der Waals surface area contributed by atoms with Crippen molar-refractivity contribution in [3.8, 4) is 0 Å². The van der Waals surface area contributed by atoms with Gasteiger partial charge in [0.1, 0.15) is 0 Å². The van der Waals surface area contributed by atoms with Gasteiger partial charge >= 0.3 is 0 Å². The van der Waals surface area contributed by atoms with Crippen LogP contribution in [-0.2, 0) is 22.3 Å². The maximum atomic E-state index is 12.8. The van der Waals surface area contributed by atoms with Crippen LogP contribution in [0.3, 0.4) is 0 Å². The van der Waals surface area contributed by atoms with Crippen molar-refractivity contribution in [1.29, 1.82) is 0 Å². The molecule has 1 fully saturated rings. The van der Waals surface area contributed by atoms with Gasteiger partial charge in [0.25, 0.3) is 0 Å². The summed E-state index contributed by atoms with van der Waals surface area (Å²) in [7, 11) is -3.35. The largest absolute Gasteiger partial charge is 0.390 e. The lowest BCUT2D eigenvalue weighted by Crippen LogP contribution is -2.50. The minimum atomic E-state index is -3.35. The van der Waals surface area contributed by atoms with Gasteiger partial charge < -0.3 is 9.67 Å². The summed E-state index contributed by atoms with van der Waals surface area (Å²) in [5, 5.41) is 13.3. The van der Waals surface area contributed by atoms with Crippen LogP contribution in [0.2, 0.25) is 0 Å². The zero-order chi connectivity index (χ0) is 24.6. The fourth-order valence-corrected chi connectivity index (χ4v) is 7.12. The zero-order valence-corrected chi connectivity index (χ0v) is 23.1. The highest BCUT2D eigenvalue weighted by atomic mass is 79.9. The molecule has 0 saturated carbocycles. The van der Waals surface area contributed by atoms with Gasteiger partial charge in [0.2, 0.25) is 10.0 Å². The number of nitrogens with zero attached hydrogens (tertiary/aromatic N) is 3. The first-order valence-electron chi connectivity index (χ1n) is 11.6. The molecule has 0 bridgehead atoms. The SMILES string of the molecule is O=S(=O)(Cc1ccccc1)N1CCN(CC(O)Cn2c3ccc(Br)cc3c3cc(Br)ccc32)CC1. The topological polar surface area (TPSA) is 65.8 Å². The zero-order valence-electron chi connectivity index (χ0n) is 19.1. The number of aromatic nitrogens is 1. The highest BCUT2D eigenvalue weighted by Gasteiger charge is 2.28. The molecule has 1 aliphatic heterocycles. The smallest absolute Gasteiger partial charge is 0.218 e. The molecule has 5 rings (SSSR count). The second-order valence-corrected chi connectivity index (χ2v) is 12.8. The predicted molar refractivity (Wildman–Crippen MR) is 148 cm³/mol. The van der Waals surface area contributed by atoms with Crippen molar-refractivity contribution in [2.45, 2.75) is 18.4 Å². The molecule has 0 spiro atoms. The Morgan fingerprint density at radius 3 is 1.94 bits per heavy atom. The summed E-state index contributed by atoms with van der Waals surface area (Å²) in [5.41, 5.74) is 2.96. The molecule has 184 valence electrons. The molecular weight excluding hydrogens is 594 g/mol. The number of piperazine rings is 1. The summed E-state index contributed by atoms with van der Waals surface area (Å²) < 4.78 is 31.5. The minimum absolute atomic E-state index is 0.0243. The van der Waals surface area contributed by atoms with E-state index in [2.05, 4.69) is 65.6 Å². The average Bonchev–Trinajstić information content (AvgIpc) is 3.11. The van der Waals surface area contributed by atoms with Crippen molar-refractivity contribution in [3.63, 3.8) is 0 Å². The molecule has 4 aromatic rings. The minimum Gasteiger partial charge on any atom is -0.390 e. The first-order chi connectivity index (χ1) is 16.8. The van der Waals surface area contributed by atoms with Gasteiger partial charge in [0, 0.05) is 63.5 Å². The molecule has 1 aromatic heterocycles. The number of aliphatic hydroxyl groups is 1. The molecule has 1 saturated heterocycles. The summed E-state index contributed by atoms with van der Waals surface area (Å²) in [5.74, 6) is 0.0243. The third-order valence-corrected chi connectivity index (χ3v) is 9.40. The Balaban J connectivity index is 1.25. The van der Waals surface area contributed by atoms with Gasteiger partial charge in [-0.2, -0.15) is 4.31 Å². The highest BCUT2D eigenvalue weighted by molar-refractivity contribution is 9.10. The first-order valence-corrected chi connectivity index (χ1v) is 14.8. The van der Waals surface area contributed by atoms with Crippen molar-refractivity contribution >= 4 is 63.7 Å². The van der Waals surface area contributed by atoms with E-state index in [9.17, 15) is 13.5 Å². The van der Waals surface area contributed by atoms with Crippen LogP contribution in [-0.4, -0.2) is 66.1 Å². The van der Waals surface area contributed by atoms with Gasteiger partial charge in [0.15, 0.2) is 0 Å². The fourth-order valence-electron chi connectivity index (χ4n) is 4.88. The molecule has 9 heteroatoms. The van der Waals surface area contributed by atoms with Gasteiger partial charge in [-0.15, -0.1) is 0 Å². The van der Waals surface area contributed by atoms with Gasteiger partial charge in [-0.05, 0) is 42.0 Å². The van der Waals surface area contributed by atoms with Gasteiger partial charge in [-0.1, -0.05) is 62.2 Å². The number of rotatable bonds is 7. The molecule has 0 amide bonds. The van der Waals surface area contributed by atoms with Crippen LogP contribution in [0.25, 0.3) is 21.8 Å². The van der Waals surface area contributed by atoms with Crippen LogP contribution >= 0.6 is 31.9 Å². The molecule has 1 atom stereocenters. The number of aliphatic hydroxyl groups excluding tert-OH is 1. The Hall–Kier alpha value is -1.75. The number of fused-ring (bicyclic) bond motifs is 3. The molecule has 1 aliphatic rings. The van der Waals surface area contributed by atoms with E-state index in [1.54, 1.807) is 4.31 Å². The average molecular weight is 621 g/mol. The molecule has 2 heterocycles. The molecule has 1 N–H and O–H groups in total. The van der Waals surface area contributed by atoms with Crippen LogP contribution in [0.5, 0.6) is 0 Å². The Bertz CT molecular complexity index is 1390. The normalized spacial score (nSPS) is 16.8. The molecule has 3 aromatic carbocycles. The lowest BCUT2D eigenvalue weighted by Gasteiger charge is -2.35. The van der Waals surface area contributed by atoms with E-state index in [0.717, 1.165) is 36.3 Å². The maximum Gasteiger partial charge on any atom is 0.218 e. The van der Waals surface area contributed by atoms with Crippen LogP contribution in [0.15, 0.2) is 75.7 Å². The van der Waals surface area contributed by atoms with Crippen LogP contribution in [0, 0.1) is 0 Å². The van der Waals surface area contributed by atoms with E-state index in [1.807, 2.05) is 42.5 Å². The monoisotopic (exact) mass is 619 g/mol. The second-order valence-electron chi connectivity index (χ2n) is 9.03. The van der Waals surface area contributed by atoms with Crippen molar-refractivity contribution in [2.75, 3.05) is 32.7 Å².